The standard InChI is InChI=1S/C27H22NO2P/c29-31(22-14-6-2-7-15-22,23-16-8-3-9-17-23)26-19-11-10-18-24(26)27-28-25(20-30-27)21-12-4-1-5-13-21/h1-19,25H,20H2. The van der Waals surface area contributed by atoms with Crippen molar-refractivity contribution >= 4 is 29.0 Å². The molecular weight excluding hydrogens is 401 g/mol. The van der Waals surface area contributed by atoms with E-state index in [1.807, 2.05) is 103 Å². The van der Waals surface area contributed by atoms with Gasteiger partial charge in [0.1, 0.15) is 12.6 Å². The molecule has 0 spiro atoms. The maximum absolute atomic E-state index is 14.8. The topological polar surface area (TPSA) is 38.7 Å². The van der Waals surface area contributed by atoms with Crippen LogP contribution in [0.4, 0.5) is 0 Å². The molecule has 1 atom stereocenters. The Bertz CT molecular complexity index is 1210. The zero-order valence-corrected chi connectivity index (χ0v) is 17.9. The monoisotopic (exact) mass is 423 g/mol. The average molecular weight is 423 g/mol. The summed E-state index contributed by atoms with van der Waals surface area (Å²) in [6, 6.07) is 37.2. The molecule has 1 aliphatic heterocycles. The molecule has 1 aliphatic rings. The normalized spacial score (nSPS) is 15.9. The van der Waals surface area contributed by atoms with E-state index >= 15 is 0 Å². The Balaban J connectivity index is 1.66. The van der Waals surface area contributed by atoms with Gasteiger partial charge in [-0.25, -0.2) is 4.99 Å². The molecule has 4 heteroatoms. The summed E-state index contributed by atoms with van der Waals surface area (Å²) in [5.41, 5.74) is 1.90. The maximum atomic E-state index is 14.8. The summed E-state index contributed by atoms with van der Waals surface area (Å²) in [4.78, 5) is 4.86. The van der Waals surface area contributed by atoms with Gasteiger partial charge in [-0.1, -0.05) is 109 Å². The van der Waals surface area contributed by atoms with Crippen molar-refractivity contribution in [2.24, 2.45) is 4.99 Å². The molecular formula is C27H22NO2P. The summed E-state index contributed by atoms with van der Waals surface area (Å²) >= 11 is 0. The molecule has 1 heterocycles. The Kier molecular flexibility index (Phi) is 5.28. The van der Waals surface area contributed by atoms with E-state index in [-0.39, 0.29) is 6.04 Å². The molecule has 0 radical (unpaired) electrons. The van der Waals surface area contributed by atoms with E-state index in [4.69, 9.17) is 9.73 Å². The van der Waals surface area contributed by atoms with Crippen molar-refractivity contribution in [2.45, 2.75) is 6.04 Å². The van der Waals surface area contributed by atoms with E-state index < -0.39 is 7.14 Å². The summed E-state index contributed by atoms with van der Waals surface area (Å²) in [7, 11) is -3.12. The number of hydrogen-bond acceptors (Lipinski definition) is 3. The lowest BCUT2D eigenvalue weighted by Gasteiger charge is -2.22. The van der Waals surface area contributed by atoms with E-state index in [9.17, 15) is 4.57 Å². The number of nitrogens with zero attached hydrogens (tertiary/aromatic N) is 1. The van der Waals surface area contributed by atoms with Crippen LogP contribution < -0.4 is 15.9 Å². The lowest BCUT2D eigenvalue weighted by Crippen LogP contribution is -2.29. The van der Waals surface area contributed by atoms with Gasteiger partial charge in [0, 0.05) is 21.5 Å². The fraction of sp³-hybridized carbons (Fsp3) is 0.0741. The predicted octanol–water partition coefficient (Wildman–Crippen LogP) is 4.84. The lowest BCUT2D eigenvalue weighted by molar-refractivity contribution is 0.320. The second-order valence-corrected chi connectivity index (χ2v) is 10.2. The second kappa shape index (κ2) is 8.37. The highest BCUT2D eigenvalue weighted by atomic mass is 31.2. The van der Waals surface area contributed by atoms with Crippen molar-refractivity contribution in [3.63, 3.8) is 0 Å². The van der Waals surface area contributed by atoms with Crippen LogP contribution in [0.25, 0.3) is 0 Å². The molecule has 0 fully saturated rings. The Morgan fingerprint density at radius 3 is 1.81 bits per heavy atom. The highest BCUT2D eigenvalue weighted by Crippen LogP contribution is 2.43. The first-order valence-electron chi connectivity index (χ1n) is 10.3. The number of ether oxygens (including phenoxy) is 1. The number of rotatable bonds is 5. The number of benzene rings is 4. The van der Waals surface area contributed by atoms with Crippen molar-refractivity contribution in [3.8, 4) is 0 Å². The predicted molar refractivity (Wildman–Crippen MR) is 128 cm³/mol. The van der Waals surface area contributed by atoms with E-state index in [2.05, 4.69) is 12.1 Å². The van der Waals surface area contributed by atoms with Crippen LogP contribution in [0, 0.1) is 0 Å². The molecule has 3 nitrogen and oxygen atoms in total. The quantitative estimate of drug-likeness (QED) is 0.431. The minimum atomic E-state index is -3.12. The first-order valence-corrected chi connectivity index (χ1v) is 12.0. The highest BCUT2D eigenvalue weighted by molar-refractivity contribution is 7.85. The van der Waals surface area contributed by atoms with Gasteiger partial charge in [-0.05, 0) is 11.6 Å². The van der Waals surface area contributed by atoms with Crippen molar-refractivity contribution in [1.29, 1.82) is 0 Å². The molecule has 0 aliphatic carbocycles. The molecule has 0 aromatic heterocycles. The molecule has 0 amide bonds. The minimum Gasteiger partial charge on any atom is -0.475 e. The van der Waals surface area contributed by atoms with Crippen LogP contribution in [0.5, 0.6) is 0 Å². The molecule has 0 saturated heterocycles. The molecule has 31 heavy (non-hydrogen) atoms. The molecule has 0 saturated carbocycles. The summed E-state index contributed by atoms with van der Waals surface area (Å²) in [6.07, 6.45) is 0. The van der Waals surface area contributed by atoms with Gasteiger partial charge in [-0.15, -0.1) is 0 Å². The zero-order valence-electron chi connectivity index (χ0n) is 17.0. The molecule has 5 rings (SSSR count). The second-order valence-electron chi connectivity index (χ2n) is 7.47. The van der Waals surface area contributed by atoms with Crippen LogP contribution >= 0.6 is 7.14 Å². The maximum Gasteiger partial charge on any atom is 0.217 e. The Morgan fingerprint density at radius 2 is 1.19 bits per heavy atom. The molecule has 4 aromatic carbocycles. The van der Waals surface area contributed by atoms with Crippen molar-refractivity contribution < 1.29 is 9.30 Å². The van der Waals surface area contributed by atoms with Gasteiger partial charge < -0.3 is 9.30 Å². The lowest BCUT2D eigenvalue weighted by atomic mass is 10.1. The Hall–Kier alpha value is -3.42. The first kappa shape index (κ1) is 19.5. The first-order chi connectivity index (χ1) is 15.3. The van der Waals surface area contributed by atoms with Crippen LogP contribution in [-0.4, -0.2) is 12.5 Å². The molecule has 4 aromatic rings. The smallest absolute Gasteiger partial charge is 0.217 e. The van der Waals surface area contributed by atoms with E-state index in [1.54, 1.807) is 0 Å². The van der Waals surface area contributed by atoms with Crippen LogP contribution in [0.3, 0.4) is 0 Å². The largest absolute Gasteiger partial charge is 0.475 e. The third-order valence-electron chi connectivity index (χ3n) is 5.55. The number of hydrogen-bond donors (Lipinski definition) is 0. The van der Waals surface area contributed by atoms with Crippen molar-refractivity contribution in [3.05, 3.63) is 126 Å². The van der Waals surface area contributed by atoms with E-state index in [1.165, 1.54) is 0 Å². The van der Waals surface area contributed by atoms with Gasteiger partial charge in [0.05, 0.1) is 0 Å². The highest BCUT2D eigenvalue weighted by Gasteiger charge is 2.34. The summed E-state index contributed by atoms with van der Waals surface area (Å²) < 4.78 is 20.9. The third kappa shape index (κ3) is 3.62. The molecule has 152 valence electrons. The summed E-state index contributed by atoms with van der Waals surface area (Å²) in [6.45, 7) is 0.481. The Morgan fingerprint density at radius 1 is 0.677 bits per heavy atom. The van der Waals surface area contributed by atoms with E-state index in [0.29, 0.717) is 12.5 Å². The van der Waals surface area contributed by atoms with Gasteiger partial charge in [-0.3, -0.25) is 0 Å². The summed E-state index contributed by atoms with van der Waals surface area (Å²) in [5, 5.41) is 2.35. The molecule has 1 unspecified atom stereocenters. The van der Waals surface area contributed by atoms with Crippen molar-refractivity contribution in [2.75, 3.05) is 6.61 Å². The average Bonchev–Trinajstić information content (AvgIpc) is 3.35. The number of aliphatic imine (C=N–C) groups is 1. The van der Waals surface area contributed by atoms with Crippen LogP contribution in [0.15, 0.2) is 120 Å². The molecule has 0 N–H and O–H groups in total. The van der Waals surface area contributed by atoms with Crippen molar-refractivity contribution in [1.82, 2.24) is 0 Å². The Labute approximate surface area is 182 Å². The van der Waals surface area contributed by atoms with Crippen LogP contribution in [-0.2, 0) is 9.30 Å². The van der Waals surface area contributed by atoms with Gasteiger partial charge in [-0.2, -0.15) is 0 Å². The SMILES string of the molecule is O=P(c1ccccc1)(c1ccccc1)c1ccccc1C1=NC(c2ccccc2)CO1. The van der Waals surface area contributed by atoms with Crippen LogP contribution in [0.1, 0.15) is 17.2 Å². The fourth-order valence-corrected chi connectivity index (χ4v) is 6.84. The van der Waals surface area contributed by atoms with Gasteiger partial charge in [0.2, 0.25) is 5.90 Å². The fourth-order valence-electron chi connectivity index (χ4n) is 4.00. The zero-order chi connectivity index (χ0) is 21.1. The van der Waals surface area contributed by atoms with E-state index in [0.717, 1.165) is 27.0 Å². The minimum absolute atomic E-state index is 0.0582. The molecule has 0 bridgehead atoms. The third-order valence-corrected chi connectivity index (χ3v) is 8.67. The van der Waals surface area contributed by atoms with Gasteiger partial charge in [0.15, 0.2) is 7.14 Å². The van der Waals surface area contributed by atoms with Gasteiger partial charge >= 0.3 is 0 Å². The summed E-state index contributed by atoms with van der Waals surface area (Å²) in [5.74, 6) is 0.552. The van der Waals surface area contributed by atoms with Crippen LogP contribution in [0.2, 0.25) is 0 Å². The van der Waals surface area contributed by atoms with Gasteiger partial charge in [0.25, 0.3) is 0 Å².